The molecule has 2 N–H and O–H groups in total. The van der Waals surface area contributed by atoms with Crippen molar-refractivity contribution in [3.63, 3.8) is 0 Å². The molecule has 1 unspecified atom stereocenters. The Morgan fingerprint density at radius 1 is 1.40 bits per heavy atom. The molecule has 2 heterocycles. The van der Waals surface area contributed by atoms with E-state index in [-0.39, 0.29) is 5.56 Å². The fourth-order valence-electron chi connectivity index (χ4n) is 1.97. The smallest absolute Gasteiger partial charge is 0.253 e. The first-order valence-corrected chi connectivity index (χ1v) is 5.54. The first-order chi connectivity index (χ1) is 7.27. The summed E-state index contributed by atoms with van der Waals surface area (Å²) in [6, 6.07) is 0. The first kappa shape index (κ1) is 10.4. The van der Waals surface area contributed by atoms with Gasteiger partial charge in [-0.05, 0) is 39.3 Å². The van der Waals surface area contributed by atoms with E-state index in [9.17, 15) is 4.79 Å². The number of rotatable bonds is 1. The molecule has 1 fully saturated rings. The molecular formula is C11H17N3O. The summed E-state index contributed by atoms with van der Waals surface area (Å²) in [5.41, 5.74) is 0.683. The van der Waals surface area contributed by atoms with Crippen molar-refractivity contribution in [1.29, 1.82) is 0 Å². The number of aromatic nitrogens is 2. The van der Waals surface area contributed by atoms with Gasteiger partial charge in [0, 0.05) is 17.7 Å². The normalized spacial score (nSPS) is 22.3. The van der Waals surface area contributed by atoms with Crippen molar-refractivity contribution in [2.24, 2.45) is 0 Å². The monoisotopic (exact) mass is 207 g/mol. The number of nitrogens with one attached hydrogen (secondary N) is 2. The lowest BCUT2D eigenvalue weighted by Gasteiger charge is -2.12. The van der Waals surface area contributed by atoms with Gasteiger partial charge in [-0.3, -0.25) is 4.79 Å². The highest BCUT2D eigenvalue weighted by molar-refractivity contribution is 5.06. The van der Waals surface area contributed by atoms with Crippen LogP contribution in [0.25, 0.3) is 0 Å². The Labute approximate surface area is 89.1 Å². The molecule has 15 heavy (non-hydrogen) atoms. The molecule has 0 aliphatic carbocycles. The summed E-state index contributed by atoms with van der Waals surface area (Å²) in [5.74, 6) is 1.27. The van der Waals surface area contributed by atoms with Gasteiger partial charge in [0.2, 0.25) is 0 Å². The van der Waals surface area contributed by atoms with Crippen LogP contribution >= 0.6 is 0 Å². The molecule has 0 amide bonds. The third kappa shape index (κ3) is 2.45. The number of hydrogen-bond acceptors (Lipinski definition) is 3. The van der Waals surface area contributed by atoms with Crippen molar-refractivity contribution >= 4 is 0 Å². The van der Waals surface area contributed by atoms with Gasteiger partial charge >= 0.3 is 0 Å². The van der Waals surface area contributed by atoms with Crippen molar-refractivity contribution in [1.82, 2.24) is 15.3 Å². The Bertz CT molecular complexity index is 378. The van der Waals surface area contributed by atoms with Gasteiger partial charge in [-0.15, -0.1) is 0 Å². The number of aromatic amines is 1. The van der Waals surface area contributed by atoms with E-state index in [1.165, 1.54) is 0 Å². The Kier molecular flexibility index (Phi) is 3.16. The molecule has 4 heteroatoms. The maximum atomic E-state index is 11.5. The van der Waals surface area contributed by atoms with Crippen LogP contribution in [0.5, 0.6) is 0 Å². The Morgan fingerprint density at radius 3 is 3.07 bits per heavy atom. The van der Waals surface area contributed by atoms with Gasteiger partial charge in [0.05, 0.1) is 0 Å². The van der Waals surface area contributed by atoms with E-state index in [0.29, 0.717) is 11.5 Å². The zero-order valence-corrected chi connectivity index (χ0v) is 9.05. The summed E-state index contributed by atoms with van der Waals surface area (Å²) in [5, 5.41) is 3.35. The maximum Gasteiger partial charge on any atom is 0.253 e. The molecule has 1 aliphatic heterocycles. The van der Waals surface area contributed by atoms with Crippen molar-refractivity contribution in [2.45, 2.75) is 32.1 Å². The van der Waals surface area contributed by atoms with Crippen molar-refractivity contribution in [2.75, 3.05) is 13.1 Å². The largest absolute Gasteiger partial charge is 0.317 e. The van der Waals surface area contributed by atoms with Crippen LogP contribution in [0.3, 0.4) is 0 Å². The molecule has 0 spiro atoms. The van der Waals surface area contributed by atoms with Gasteiger partial charge in [0.1, 0.15) is 5.82 Å². The van der Waals surface area contributed by atoms with Gasteiger partial charge in [-0.25, -0.2) is 4.98 Å². The number of aryl methyl sites for hydroxylation is 1. The predicted octanol–water partition coefficient (Wildman–Crippen LogP) is 0.935. The molecule has 4 nitrogen and oxygen atoms in total. The lowest BCUT2D eigenvalue weighted by atomic mass is 10.00. The number of nitrogens with zero attached hydrogens (tertiary/aromatic N) is 1. The van der Waals surface area contributed by atoms with Crippen LogP contribution in [0, 0.1) is 6.92 Å². The van der Waals surface area contributed by atoms with E-state index in [4.69, 9.17) is 0 Å². The molecule has 0 aromatic carbocycles. The summed E-state index contributed by atoms with van der Waals surface area (Å²) in [6.07, 6.45) is 5.00. The van der Waals surface area contributed by atoms with Gasteiger partial charge in [-0.1, -0.05) is 0 Å². The predicted molar refractivity (Wildman–Crippen MR) is 59.1 cm³/mol. The molecule has 1 saturated heterocycles. The van der Waals surface area contributed by atoms with Gasteiger partial charge in [-0.2, -0.15) is 0 Å². The highest BCUT2D eigenvalue weighted by atomic mass is 16.1. The fourth-order valence-corrected chi connectivity index (χ4v) is 1.97. The topological polar surface area (TPSA) is 57.8 Å². The minimum atomic E-state index is -0.00259. The van der Waals surface area contributed by atoms with Crippen LogP contribution in [-0.4, -0.2) is 23.1 Å². The molecule has 1 atom stereocenters. The summed E-state index contributed by atoms with van der Waals surface area (Å²) in [7, 11) is 0. The summed E-state index contributed by atoms with van der Waals surface area (Å²) in [6.45, 7) is 3.87. The zero-order chi connectivity index (χ0) is 10.7. The first-order valence-electron chi connectivity index (χ1n) is 5.54. The van der Waals surface area contributed by atoms with Crippen LogP contribution in [0.15, 0.2) is 11.0 Å². The Morgan fingerprint density at radius 2 is 2.27 bits per heavy atom. The van der Waals surface area contributed by atoms with E-state index in [2.05, 4.69) is 15.3 Å². The van der Waals surface area contributed by atoms with Gasteiger partial charge in [0.15, 0.2) is 0 Å². The fraction of sp³-hybridized carbons (Fsp3) is 0.636. The molecular weight excluding hydrogens is 190 g/mol. The van der Waals surface area contributed by atoms with E-state index in [0.717, 1.165) is 38.2 Å². The van der Waals surface area contributed by atoms with E-state index >= 15 is 0 Å². The average molecular weight is 207 g/mol. The van der Waals surface area contributed by atoms with Crippen molar-refractivity contribution in [3.8, 4) is 0 Å². The second kappa shape index (κ2) is 4.57. The molecule has 1 aromatic rings. The average Bonchev–Trinajstić information content (AvgIpc) is 2.50. The van der Waals surface area contributed by atoms with Crippen LogP contribution in [0.1, 0.15) is 36.6 Å². The van der Waals surface area contributed by atoms with Crippen molar-refractivity contribution < 1.29 is 0 Å². The second-order valence-corrected chi connectivity index (χ2v) is 4.16. The van der Waals surface area contributed by atoms with Crippen molar-refractivity contribution in [3.05, 3.63) is 27.9 Å². The lowest BCUT2D eigenvalue weighted by molar-refractivity contribution is 0.572. The van der Waals surface area contributed by atoms with E-state index < -0.39 is 0 Å². The molecule has 0 bridgehead atoms. The van der Waals surface area contributed by atoms with Gasteiger partial charge in [0.25, 0.3) is 5.56 Å². The summed E-state index contributed by atoms with van der Waals surface area (Å²) in [4.78, 5) is 18.7. The minimum Gasteiger partial charge on any atom is -0.317 e. The molecule has 2 rings (SSSR count). The van der Waals surface area contributed by atoms with E-state index in [1.807, 2.05) is 0 Å². The number of H-pyrrole nitrogens is 1. The highest BCUT2D eigenvalue weighted by Gasteiger charge is 2.16. The molecule has 82 valence electrons. The maximum absolute atomic E-state index is 11.5. The third-order valence-corrected chi connectivity index (χ3v) is 2.96. The van der Waals surface area contributed by atoms with Gasteiger partial charge < -0.3 is 10.3 Å². The third-order valence-electron chi connectivity index (χ3n) is 2.96. The quantitative estimate of drug-likeness (QED) is 0.720. The molecule has 0 radical (unpaired) electrons. The highest BCUT2D eigenvalue weighted by Crippen LogP contribution is 2.21. The molecule has 0 saturated carbocycles. The molecule has 1 aliphatic rings. The van der Waals surface area contributed by atoms with Crippen LogP contribution < -0.4 is 10.9 Å². The van der Waals surface area contributed by atoms with Crippen LogP contribution in [0.4, 0.5) is 0 Å². The second-order valence-electron chi connectivity index (χ2n) is 4.16. The SMILES string of the molecule is Cc1cnc(C2CCCNCC2)[nH]c1=O. The minimum absolute atomic E-state index is 0.00259. The standard InChI is InChI=1S/C11H17N3O/c1-8-7-13-10(14-11(8)15)9-3-2-5-12-6-4-9/h7,9,12H,2-6H2,1H3,(H,13,14,15). The zero-order valence-electron chi connectivity index (χ0n) is 9.05. The van der Waals surface area contributed by atoms with Crippen LogP contribution in [-0.2, 0) is 0 Å². The summed E-state index contributed by atoms with van der Waals surface area (Å²) < 4.78 is 0. The Hall–Kier alpha value is -1.16. The Balaban J connectivity index is 2.20. The lowest BCUT2D eigenvalue weighted by Crippen LogP contribution is -2.17. The molecule has 1 aromatic heterocycles. The number of hydrogen-bond donors (Lipinski definition) is 2. The van der Waals surface area contributed by atoms with E-state index in [1.54, 1.807) is 13.1 Å². The van der Waals surface area contributed by atoms with Crippen LogP contribution in [0.2, 0.25) is 0 Å². The summed E-state index contributed by atoms with van der Waals surface area (Å²) >= 11 is 0.